The number of ether oxygens (including phenoxy) is 4. The van der Waals surface area contributed by atoms with Crippen LogP contribution >= 0.6 is 0 Å². The molecule has 0 aromatic carbocycles. The second kappa shape index (κ2) is 8.01. The highest BCUT2D eigenvalue weighted by atomic mass is 16.7. The number of methoxy groups -OCH3 is 2. The van der Waals surface area contributed by atoms with Gasteiger partial charge in [-0.2, -0.15) is 0 Å². The smallest absolute Gasteiger partial charge is 0.303 e. The molecule has 3 atom stereocenters. The van der Waals surface area contributed by atoms with Crippen LogP contribution in [0.4, 0.5) is 0 Å². The van der Waals surface area contributed by atoms with Crippen molar-refractivity contribution in [2.45, 2.75) is 57.7 Å². The van der Waals surface area contributed by atoms with E-state index in [1.807, 2.05) is 0 Å². The Hall–Kier alpha value is -1.87. The van der Waals surface area contributed by atoms with Crippen LogP contribution in [0.3, 0.4) is 0 Å². The van der Waals surface area contributed by atoms with Gasteiger partial charge in [0.2, 0.25) is 5.79 Å². The van der Waals surface area contributed by atoms with Gasteiger partial charge in [0.1, 0.15) is 12.2 Å². The van der Waals surface area contributed by atoms with E-state index in [2.05, 4.69) is 38.3 Å². The first-order chi connectivity index (χ1) is 11.8. The van der Waals surface area contributed by atoms with E-state index in [0.29, 0.717) is 5.57 Å². The number of hydrogen-bond donors (Lipinski definition) is 0. The van der Waals surface area contributed by atoms with E-state index in [4.69, 9.17) is 18.9 Å². The highest BCUT2D eigenvalue weighted by molar-refractivity contribution is 5.66. The van der Waals surface area contributed by atoms with Crippen LogP contribution in [-0.4, -0.2) is 44.3 Å². The summed E-state index contributed by atoms with van der Waals surface area (Å²) in [5, 5.41) is 0. The molecule has 1 heterocycles. The van der Waals surface area contributed by atoms with Gasteiger partial charge in [0, 0.05) is 21.1 Å². The molecule has 1 fully saturated rings. The molecule has 0 N–H and O–H groups in total. The van der Waals surface area contributed by atoms with Crippen LogP contribution in [0.1, 0.15) is 33.6 Å². The van der Waals surface area contributed by atoms with Crippen molar-refractivity contribution in [1.29, 1.82) is 0 Å². The van der Waals surface area contributed by atoms with Gasteiger partial charge in [-0.15, -0.1) is 0 Å². The number of carbonyl (C=O) groups is 1. The van der Waals surface area contributed by atoms with Crippen LogP contribution in [0, 0.1) is 11.8 Å². The summed E-state index contributed by atoms with van der Waals surface area (Å²) in [6.45, 7) is 9.50. The molecule has 0 bridgehead atoms. The molecule has 25 heavy (non-hydrogen) atoms. The SMILES string of the molecule is C=C(C#CC1=CC(OC(C)=O)C2OC2C1(OC)OC)CCC=C(C)C. The first-order valence-corrected chi connectivity index (χ1v) is 8.32. The zero-order valence-electron chi connectivity index (χ0n) is 15.5. The lowest BCUT2D eigenvalue weighted by Crippen LogP contribution is -2.47. The van der Waals surface area contributed by atoms with Gasteiger partial charge in [-0.1, -0.05) is 30.1 Å². The minimum absolute atomic E-state index is 0.268. The van der Waals surface area contributed by atoms with Gasteiger partial charge in [0.25, 0.3) is 0 Å². The van der Waals surface area contributed by atoms with Crippen LogP contribution < -0.4 is 0 Å². The van der Waals surface area contributed by atoms with E-state index in [1.165, 1.54) is 12.5 Å². The molecule has 0 spiro atoms. The molecule has 136 valence electrons. The van der Waals surface area contributed by atoms with Gasteiger partial charge in [-0.05, 0) is 38.3 Å². The first kappa shape index (κ1) is 19.5. The minimum Gasteiger partial charge on any atom is -0.455 e. The molecular weight excluding hydrogens is 320 g/mol. The van der Waals surface area contributed by atoms with Crippen LogP contribution in [0.25, 0.3) is 0 Å². The van der Waals surface area contributed by atoms with Crippen molar-refractivity contribution in [2.75, 3.05) is 14.2 Å². The molecule has 1 aliphatic carbocycles. The Bertz CT molecular complexity index is 653. The second-order valence-corrected chi connectivity index (χ2v) is 6.43. The normalized spacial score (nSPS) is 25.6. The maximum absolute atomic E-state index is 11.3. The lowest BCUT2D eigenvalue weighted by Gasteiger charge is -2.33. The van der Waals surface area contributed by atoms with Crippen molar-refractivity contribution in [2.24, 2.45) is 0 Å². The molecule has 5 heteroatoms. The standard InChI is InChI=1S/C20H26O5/c1-13(2)8-7-9-14(3)10-11-16-12-17(24-15(4)21)18-19(25-18)20(16,22-5)23-6/h8,12,17-19H,3,7,9H2,1-2,4-6H3. The van der Waals surface area contributed by atoms with Crippen molar-refractivity contribution in [3.05, 3.63) is 35.5 Å². The van der Waals surface area contributed by atoms with Crippen molar-refractivity contribution in [3.63, 3.8) is 0 Å². The number of epoxide rings is 1. The monoisotopic (exact) mass is 346 g/mol. The highest BCUT2D eigenvalue weighted by Gasteiger charge is 2.64. The van der Waals surface area contributed by atoms with E-state index >= 15 is 0 Å². The van der Waals surface area contributed by atoms with Gasteiger partial charge in [0.05, 0.1) is 5.57 Å². The third kappa shape index (κ3) is 4.40. The number of allylic oxidation sites excluding steroid dienone is 3. The molecule has 2 rings (SSSR count). The second-order valence-electron chi connectivity index (χ2n) is 6.43. The van der Waals surface area contributed by atoms with E-state index in [0.717, 1.165) is 18.4 Å². The minimum atomic E-state index is -1.07. The first-order valence-electron chi connectivity index (χ1n) is 8.32. The molecule has 0 amide bonds. The largest absolute Gasteiger partial charge is 0.455 e. The van der Waals surface area contributed by atoms with E-state index in [1.54, 1.807) is 20.3 Å². The van der Waals surface area contributed by atoms with Gasteiger partial charge in [-0.3, -0.25) is 4.79 Å². The summed E-state index contributed by atoms with van der Waals surface area (Å²) in [7, 11) is 3.10. The summed E-state index contributed by atoms with van der Waals surface area (Å²) in [6, 6.07) is 0. The summed E-state index contributed by atoms with van der Waals surface area (Å²) in [4.78, 5) is 11.3. The molecule has 0 radical (unpaired) electrons. The Morgan fingerprint density at radius 2 is 2.04 bits per heavy atom. The molecule has 5 nitrogen and oxygen atoms in total. The van der Waals surface area contributed by atoms with Crippen molar-refractivity contribution in [1.82, 2.24) is 0 Å². The zero-order valence-corrected chi connectivity index (χ0v) is 15.5. The molecule has 0 saturated carbocycles. The Kier molecular flexibility index (Phi) is 6.23. The topological polar surface area (TPSA) is 57.3 Å². The van der Waals surface area contributed by atoms with E-state index in [9.17, 15) is 4.79 Å². The Morgan fingerprint density at radius 1 is 1.36 bits per heavy atom. The Morgan fingerprint density at radius 3 is 2.60 bits per heavy atom. The quantitative estimate of drug-likeness (QED) is 0.243. The van der Waals surface area contributed by atoms with Crippen molar-refractivity contribution in [3.8, 4) is 11.8 Å². The van der Waals surface area contributed by atoms with Gasteiger partial charge in [-0.25, -0.2) is 0 Å². The van der Waals surface area contributed by atoms with Crippen LogP contribution in [0.15, 0.2) is 35.5 Å². The van der Waals surface area contributed by atoms with E-state index in [-0.39, 0.29) is 18.2 Å². The lowest BCUT2D eigenvalue weighted by atomic mass is 9.90. The van der Waals surface area contributed by atoms with Gasteiger partial charge < -0.3 is 18.9 Å². The predicted octanol–water partition coefficient (Wildman–Crippen LogP) is 2.92. The fourth-order valence-electron chi connectivity index (χ4n) is 2.92. The third-order valence-electron chi connectivity index (χ3n) is 4.21. The Balaban J connectivity index is 2.20. The number of fused-ring (bicyclic) bond motifs is 1. The molecule has 2 aliphatic rings. The summed E-state index contributed by atoms with van der Waals surface area (Å²) in [6.07, 6.45) is 4.49. The number of rotatable bonds is 6. The average molecular weight is 346 g/mol. The number of hydrogen-bond acceptors (Lipinski definition) is 5. The fourth-order valence-corrected chi connectivity index (χ4v) is 2.92. The molecule has 1 aliphatic heterocycles. The Labute approximate surface area is 149 Å². The van der Waals surface area contributed by atoms with Crippen LogP contribution in [-0.2, 0) is 23.7 Å². The summed E-state index contributed by atoms with van der Waals surface area (Å²) >= 11 is 0. The molecular formula is C20H26O5. The molecule has 0 aromatic rings. The predicted molar refractivity (Wildman–Crippen MR) is 94.6 cm³/mol. The van der Waals surface area contributed by atoms with Crippen LogP contribution in [0.5, 0.6) is 0 Å². The summed E-state index contributed by atoms with van der Waals surface area (Å²) in [5.41, 5.74) is 2.68. The average Bonchev–Trinajstić information content (AvgIpc) is 3.34. The van der Waals surface area contributed by atoms with Gasteiger partial charge in [0.15, 0.2) is 6.10 Å². The number of esters is 1. The van der Waals surface area contributed by atoms with Gasteiger partial charge >= 0.3 is 5.97 Å². The zero-order chi connectivity index (χ0) is 18.6. The van der Waals surface area contributed by atoms with E-state index < -0.39 is 11.9 Å². The third-order valence-corrected chi connectivity index (χ3v) is 4.21. The van der Waals surface area contributed by atoms with Crippen molar-refractivity contribution >= 4 is 5.97 Å². The molecule has 3 unspecified atom stereocenters. The molecule has 0 aromatic heterocycles. The lowest BCUT2D eigenvalue weighted by molar-refractivity contribution is -0.190. The number of carbonyl (C=O) groups excluding carboxylic acids is 1. The van der Waals surface area contributed by atoms with Crippen LogP contribution in [0.2, 0.25) is 0 Å². The van der Waals surface area contributed by atoms with Crippen molar-refractivity contribution < 1.29 is 23.7 Å². The fraction of sp³-hybridized carbons (Fsp3) is 0.550. The highest BCUT2D eigenvalue weighted by Crippen LogP contribution is 2.46. The maximum atomic E-state index is 11.3. The molecule has 1 saturated heterocycles. The maximum Gasteiger partial charge on any atom is 0.303 e. The summed E-state index contributed by atoms with van der Waals surface area (Å²) in [5.74, 6) is 4.71. The summed E-state index contributed by atoms with van der Waals surface area (Å²) < 4.78 is 22.1.